The molecular formula is C16H22S3. The van der Waals surface area contributed by atoms with E-state index in [0.29, 0.717) is 0 Å². The number of hydrogen-bond donors (Lipinski definition) is 0. The quantitative estimate of drug-likeness (QED) is 0.556. The SMILES string of the molecule is CC1=CCC(C)(SSSC2(C)C=CC(C)=CC2)C=C1. The maximum atomic E-state index is 2.35. The van der Waals surface area contributed by atoms with Crippen LogP contribution in [0.5, 0.6) is 0 Å². The van der Waals surface area contributed by atoms with Crippen molar-refractivity contribution in [2.45, 2.75) is 50.0 Å². The summed E-state index contributed by atoms with van der Waals surface area (Å²) in [4.78, 5) is 0. The molecule has 0 amide bonds. The monoisotopic (exact) mass is 310 g/mol. The van der Waals surface area contributed by atoms with Crippen LogP contribution in [0.1, 0.15) is 40.5 Å². The van der Waals surface area contributed by atoms with Crippen molar-refractivity contribution in [3.63, 3.8) is 0 Å². The molecule has 0 saturated heterocycles. The van der Waals surface area contributed by atoms with Crippen LogP contribution in [0.4, 0.5) is 0 Å². The average molecular weight is 311 g/mol. The van der Waals surface area contributed by atoms with E-state index in [1.807, 2.05) is 31.4 Å². The highest BCUT2D eigenvalue weighted by atomic mass is 33.5. The second kappa shape index (κ2) is 6.19. The Hall–Kier alpha value is 0.01000. The number of allylic oxidation sites excluding steroid dienone is 6. The van der Waals surface area contributed by atoms with Gasteiger partial charge in [0, 0.05) is 9.49 Å². The Kier molecular flexibility index (Phi) is 5.02. The Bertz CT molecular complexity index is 417. The van der Waals surface area contributed by atoms with Crippen molar-refractivity contribution in [2.75, 3.05) is 0 Å². The Balaban J connectivity index is 1.82. The number of hydrogen-bond acceptors (Lipinski definition) is 3. The Morgan fingerprint density at radius 2 is 1.26 bits per heavy atom. The molecule has 0 spiro atoms. The van der Waals surface area contributed by atoms with E-state index < -0.39 is 0 Å². The first-order chi connectivity index (χ1) is 8.91. The molecule has 2 unspecified atom stereocenters. The summed E-state index contributed by atoms with van der Waals surface area (Å²) in [6.45, 7) is 9.00. The smallest absolute Gasteiger partial charge is 0.0460 e. The highest BCUT2D eigenvalue weighted by Crippen LogP contribution is 2.53. The van der Waals surface area contributed by atoms with Crippen LogP contribution in [-0.2, 0) is 0 Å². The molecule has 0 aromatic heterocycles. The Morgan fingerprint density at radius 1 is 0.842 bits per heavy atom. The molecule has 0 bridgehead atoms. The van der Waals surface area contributed by atoms with Gasteiger partial charge in [-0.3, -0.25) is 0 Å². The van der Waals surface area contributed by atoms with Gasteiger partial charge in [0.05, 0.1) is 0 Å². The van der Waals surface area contributed by atoms with Gasteiger partial charge in [-0.05, 0) is 50.4 Å². The third kappa shape index (κ3) is 4.51. The standard InChI is InChI=1S/C16H22S3/c1-13-5-9-15(3,10-6-13)17-19-18-16(4)11-7-14(2)8-12-16/h5-9,11H,10,12H2,1-4H3. The molecule has 0 nitrogen and oxygen atoms in total. The third-order valence-electron chi connectivity index (χ3n) is 3.51. The number of rotatable bonds is 4. The molecule has 2 aliphatic carbocycles. The molecule has 0 radical (unpaired) electrons. The van der Waals surface area contributed by atoms with Crippen molar-refractivity contribution in [3.8, 4) is 0 Å². The summed E-state index contributed by atoms with van der Waals surface area (Å²) in [5.41, 5.74) is 2.78. The van der Waals surface area contributed by atoms with Gasteiger partial charge in [-0.2, -0.15) is 0 Å². The lowest BCUT2D eigenvalue weighted by molar-refractivity contribution is 0.795. The van der Waals surface area contributed by atoms with Crippen molar-refractivity contribution in [1.82, 2.24) is 0 Å². The summed E-state index contributed by atoms with van der Waals surface area (Å²) in [6, 6.07) is 0. The summed E-state index contributed by atoms with van der Waals surface area (Å²) in [6.07, 6.45) is 16.1. The minimum atomic E-state index is 0.248. The van der Waals surface area contributed by atoms with E-state index >= 15 is 0 Å². The van der Waals surface area contributed by atoms with Gasteiger partial charge >= 0.3 is 0 Å². The summed E-state index contributed by atoms with van der Waals surface area (Å²) < 4.78 is 0.495. The molecule has 104 valence electrons. The van der Waals surface area contributed by atoms with Crippen LogP contribution in [0.25, 0.3) is 0 Å². The lowest BCUT2D eigenvalue weighted by atomic mass is 9.98. The van der Waals surface area contributed by atoms with Crippen molar-refractivity contribution in [2.24, 2.45) is 0 Å². The normalized spacial score (nSPS) is 34.1. The minimum Gasteiger partial charge on any atom is -0.0799 e. The van der Waals surface area contributed by atoms with Gasteiger partial charge in [-0.15, -0.1) is 0 Å². The predicted octanol–water partition coefficient (Wildman–Crippen LogP) is 6.35. The van der Waals surface area contributed by atoms with E-state index in [9.17, 15) is 0 Å². The van der Waals surface area contributed by atoms with Gasteiger partial charge < -0.3 is 0 Å². The van der Waals surface area contributed by atoms with Gasteiger partial charge in [0.2, 0.25) is 0 Å². The summed E-state index contributed by atoms with van der Waals surface area (Å²) in [5.74, 6) is 0. The van der Waals surface area contributed by atoms with Crippen LogP contribution >= 0.6 is 31.4 Å². The molecule has 2 aliphatic rings. The van der Waals surface area contributed by atoms with E-state index in [4.69, 9.17) is 0 Å². The van der Waals surface area contributed by atoms with E-state index in [1.165, 1.54) is 11.1 Å². The molecule has 0 heterocycles. The molecule has 19 heavy (non-hydrogen) atoms. The zero-order valence-electron chi connectivity index (χ0n) is 12.1. The van der Waals surface area contributed by atoms with Crippen molar-refractivity contribution in [3.05, 3.63) is 47.6 Å². The second-order valence-corrected chi connectivity index (χ2v) is 10.8. The predicted molar refractivity (Wildman–Crippen MR) is 94.6 cm³/mol. The molecule has 2 rings (SSSR count). The fraction of sp³-hybridized carbons (Fsp3) is 0.500. The molecule has 0 aromatic carbocycles. The van der Waals surface area contributed by atoms with E-state index in [2.05, 4.69) is 64.2 Å². The second-order valence-electron chi connectivity index (χ2n) is 5.83. The third-order valence-corrected chi connectivity index (χ3v) is 8.93. The maximum absolute atomic E-state index is 2.35. The molecular weight excluding hydrogens is 288 g/mol. The summed E-state index contributed by atoms with van der Waals surface area (Å²) >= 11 is 0. The van der Waals surface area contributed by atoms with Gasteiger partial charge in [0.25, 0.3) is 0 Å². The van der Waals surface area contributed by atoms with E-state index in [0.717, 1.165) is 12.8 Å². The van der Waals surface area contributed by atoms with Crippen LogP contribution in [0.3, 0.4) is 0 Å². The van der Waals surface area contributed by atoms with Crippen molar-refractivity contribution in [1.29, 1.82) is 0 Å². The zero-order chi connectivity index (χ0) is 13.9. The van der Waals surface area contributed by atoms with Gasteiger partial charge in [0.15, 0.2) is 0 Å². The van der Waals surface area contributed by atoms with Gasteiger partial charge in [0.1, 0.15) is 0 Å². The summed E-state index contributed by atoms with van der Waals surface area (Å²) in [7, 11) is 5.92. The molecule has 0 N–H and O–H groups in total. The van der Waals surface area contributed by atoms with Crippen LogP contribution in [0.15, 0.2) is 47.6 Å². The fourth-order valence-electron chi connectivity index (χ4n) is 1.91. The van der Waals surface area contributed by atoms with Crippen molar-refractivity contribution >= 4 is 31.4 Å². The van der Waals surface area contributed by atoms with Gasteiger partial charge in [-0.25, -0.2) is 0 Å². The molecule has 0 aliphatic heterocycles. The first kappa shape index (κ1) is 15.4. The molecule has 0 fully saturated rings. The van der Waals surface area contributed by atoms with Crippen LogP contribution < -0.4 is 0 Å². The first-order valence-electron chi connectivity index (χ1n) is 6.66. The highest BCUT2D eigenvalue weighted by molar-refractivity contribution is 9.09. The van der Waals surface area contributed by atoms with E-state index in [-0.39, 0.29) is 9.49 Å². The van der Waals surface area contributed by atoms with Crippen molar-refractivity contribution < 1.29 is 0 Å². The highest BCUT2D eigenvalue weighted by Gasteiger charge is 2.27. The molecule has 0 saturated carbocycles. The van der Waals surface area contributed by atoms with E-state index in [1.54, 1.807) is 0 Å². The topological polar surface area (TPSA) is 0 Å². The average Bonchev–Trinajstić information content (AvgIpc) is 2.38. The molecule has 3 heteroatoms. The molecule has 2 atom stereocenters. The Labute approximate surface area is 129 Å². The van der Waals surface area contributed by atoms with Crippen LogP contribution in [0.2, 0.25) is 0 Å². The fourth-order valence-corrected chi connectivity index (χ4v) is 7.69. The van der Waals surface area contributed by atoms with Crippen LogP contribution in [0, 0.1) is 0 Å². The Morgan fingerprint density at radius 3 is 1.58 bits per heavy atom. The molecule has 0 aromatic rings. The largest absolute Gasteiger partial charge is 0.0799 e. The minimum absolute atomic E-state index is 0.248. The zero-order valence-corrected chi connectivity index (χ0v) is 14.6. The maximum Gasteiger partial charge on any atom is 0.0460 e. The summed E-state index contributed by atoms with van der Waals surface area (Å²) in [5, 5.41) is 0. The first-order valence-corrected chi connectivity index (χ1v) is 10.1. The van der Waals surface area contributed by atoms with Crippen LogP contribution in [-0.4, -0.2) is 9.49 Å². The van der Waals surface area contributed by atoms with Gasteiger partial charge in [-0.1, -0.05) is 69.2 Å². The lowest BCUT2D eigenvalue weighted by Crippen LogP contribution is -2.18. The lowest BCUT2D eigenvalue weighted by Gasteiger charge is -2.29.